The van der Waals surface area contributed by atoms with Crippen LogP contribution in [0, 0.1) is 16.0 Å². The van der Waals surface area contributed by atoms with Crippen molar-refractivity contribution in [3.8, 4) is 0 Å². The summed E-state index contributed by atoms with van der Waals surface area (Å²) in [6.07, 6.45) is 2.73. The van der Waals surface area contributed by atoms with E-state index in [9.17, 15) is 10.1 Å². The molecule has 1 unspecified atom stereocenters. The van der Waals surface area contributed by atoms with Crippen molar-refractivity contribution in [2.45, 2.75) is 6.42 Å². The van der Waals surface area contributed by atoms with Crippen LogP contribution in [0.15, 0.2) is 16.7 Å². The number of anilines is 1. The Hall–Kier alpha value is -1.21. The molecule has 6 nitrogen and oxygen atoms in total. The van der Waals surface area contributed by atoms with E-state index in [4.69, 9.17) is 0 Å². The summed E-state index contributed by atoms with van der Waals surface area (Å²) in [6.45, 7) is 2.92. The molecule has 1 aromatic rings. The summed E-state index contributed by atoms with van der Waals surface area (Å²) in [6, 6.07) is 1.50. The maximum atomic E-state index is 11.1. The van der Waals surface area contributed by atoms with E-state index in [0.717, 1.165) is 26.1 Å². The van der Waals surface area contributed by atoms with Crippen LogP contribution in [0.2, 0.25) is 0 Å². The highest BCUT2D eigenvalue weighted by Crippen LogP contribution is 2.29. The average molecular weight is 329 g/mol. The first kappa shape index (κ1) is 14.2. The molecule has 1 saturated heterocycles. The van der Waals surface area contributed by atoms with Crippen LogP contribution >= 0.6 is 15.9 Å². The molecule has 0 aromatic carbocycles. The number of rotatable bonds is 4. The van der Waals surface area contributed by atoms with Crippen LogP contribution in [0.25, 0.3) is 0 Å². The third-order valence-corrected chi connectivity index (χ3v) is 3.83. The van der Waals surface area contributed by atoms with Gasteiger partial charge in [-0.15, -0.1) is 0 Å². The Morgan fingerprint density at radius 2 is 2.42 bits per heavy atom. The average Bonchev–Trinajstić information content (AvgIpc) is 2.74. The Bertz CT molecular complexity index is 483. The zero-order valence-electron chi connectivity index (χ0n) is 11.0. The van der Waals surface area contributed by atoms with Crippen LogP contribution in [-0.4, -0.2) is 48.5 Å². The quantitative estimate of drug-likeness (QED) is 0.626. The number of nitrogens with zero attached hydrogens (tertiary/aromatic N) is 4. The lowest BCUT2D eigenvalue weighted by Crippen LogP contribution is -2.28. The van der Waals surface area contributed by atoms with E-state index in [1.807, 2.05) is 11.9 Å². The van der Waals surface area contributed by atoms with E-state index in [2.05, 4.69) is 32.9 Å². The van der Waals surface area contributed by atoms with Crippen molar-refractivity contribution in [3.05, 3.63) is 26.9 Å². The van der Waals surface area contributed by atoms with Crippen molar-refractivity contribution in [1.29, 1.82) is 0 Å². The van der Waals surface area contributed by atoms with Gasteiger partial charge >= 0.3 is 5.69 Å². The third kappa shape index (κ3) is 3.42. The van der Waals surface area contributed by atoms with E-state index in [-0.39, 0.29) is 10.6 Å². The number of hydrogen-bond acceptors (Lipinski definition) is 5. The monoisotopic (exact) mass is 328 g/mol. The molecular formula is C12H17BrN4O2. The molecule has 2 rings (SSSR count). The number of likely N-dealkylation sites (tertiary alicyclic amines) is 1. The molecule has 0 bridgehead atoms. The molecule has 1 aliphatic rings. The molecule has 1 aliphatic heterocycles. The van der Waals surface area contributed by atoms with Crippen LogP contribution in [0.4, 0.5) is 11.5 Å². The molecular weight excluding hydrogens is 312 g/mol. The van der Waals surface area contributed by atoms with Crippen LogP contribution < -0.4 is 4.90 Å². The third-order valence-electron chi connectivity index (χ3n) is 3.39. The van der Waals surface area contributed by atoms with Gasteiger partial charge in [-0.25, -0.2) is 4.98 Å². The smallest absolute Gasteiger partial charge is 0.312 e. The number of halogens is 1. The number of pyridine rings is 1. The number of nitro groups is 1. The molecule has 2 heterocycles. The zero-order chi connectivity index (χ0) is 14.0. The minimum atomic E-state index is -0.385. The maximum absolute atomic E-state index is 11.1. The second-order valence-electron chi connectivity index (χ2n) is 5.05. The summed E-state index contributed by atoms with van der Waals surface area (Å²) in [5.41, 5.74) is 0.0447. The van der Waals surface area contributed by atoms with Crippen molar-refractivity contribution in [2.75, 3.05) is 38.6 Å². The predicted molar refractivity (Wildman–Crippen MR) is 77.5 cm³/mol. The zero-order valence-corrected chi connectivity index (χ0v) is 12.6. The van der Waals surface area contributed by atoms with Gasteiger partial charge in [0.1, 0.15) is 0 Å². The maximum Gasteiger partial charge on any atom is 0.312 e. The first-order valence-electron chi connectivity index (χ1n) is 6.17. The molecule has 0 aliphatic carbocycles. The lowest BCUT2D eigenvalue weighted by Gasteiger charge is -2.21. The van der Waals surface area contributed by atoms with Crippen LogP contribution in [0.3, 0.4) is 0 Å². The van der Waals surface area contributed by atoms with E-state index in [1.165, 1.54) is 6.07 Å². The number of aromatic nitrogens is 1. The Balaban J connectivity index is 2.14. The van der Waals surface area contributed by atoms with Gasteiger partial charge in [-0.3, -0.25) is 10.1 Å². The summed E-state index contributed by atoms with van der Waals surface area (Å²) in [4.78, 5) is 19.0. The van der Waals surface area contributed by atoms with Gasteiger partial charge in [-0.1, -0.05) is 0 Å². The second kappa shape index (κ2) is 5.83. The SMILES string of the molecule is CN1CCC(CN(C)c2ncc(Br)cc2[N+](=O)[O-])C1. The van der Waals surface area contributed by atoms with Crippen molar-refractivity contribution < 1.29 is 4.92 Å². The molecule has 1 fully saturated rings. The highest BCUT2D eigenvalue weighted by molar-refractivity contribution is 9.10. The molecule has 0 N–H and O–H groups in total. The summed E-state index contributed by atoms with van der Waals surface area (Å²) in [5, 5.41) is 11.1. The fourth-order valence-electron chi connectivity index (χ4n) is 2.50. The molecule has 7 heteroatoms. The predicted octanol–water partition coefficient (Wildman–Crippen LogP) is 2.14. The van der Waals surface area contributed by atoms with Crippen LogP contribution in [0.1, 0.15) is 6.42 Å². The normalized spacial score (nSPS) is 19.6. The highest BCUT2D eigenvalue weighted by Gasteiger charge is 2.25. The van der Waals surface area contributed by atoms with E-state index >= 15 is 0 Å². The van der Waals surface area contributed by atoms with E-state index in [0.29, 0.717) is 16.2 Å². The van der Waals surface area contributed by atoms with Gasteiger partial charge < -0.3 is 9.80 Å². The Kier molecular flexibility index (Phi) is 4.36. The first-order chi connectivity index (χ1) is 8.97. The molecule has 19 heavy (non-hydrogen) atoms. The minimum absolute atomic E-state index is 0.0447. The second-order valence-corrected chi connectivity index (χ2v) is 5.97. The summed E-state index contributed by atoms with van der Waals surface area (Å²) >= 11 is 3.22. The summed E-state index contributed by atoms with van der Waals surface area (Å²) in [5.74, 6) is 0.975. The minimum Gasteiger partial charge on any atom is -0.354 e. The molecule has 1 atom stereocenters. The molecule has 0 saturated carbocycles. The van der Waals surface area contributed by atoms with Crippen molar-refractivity contribution >= 4 is 27.4 Å². The van der Waals surface area contributed by atoms with Gasteiger partial charge in [0.25, 0.3) is 0 Å². The van der Waals surface area contributed by atoms with Gasteiger partial charge in [0.2, 0.25) is 5.82 Å². The van der Waals surface area contributed by atoms with Crippen LogP contribution in [-0.2, 0) is 0 Å². The van der Waals surface area contributed by atoms with Gasteiger partial charge in [0, 0.05) is 36.9 Å². The van der Waals surface area contributed by atoms with E-state index < -0.39 is 0 Å². The summed E-state index contributed by atoms with van der Waals surface area (Å²) in [7, 11) is 3.96. The Labute approximate surface area is 120 Å². The topological polar surface area (TPSA) is 62.5 Å². The van der Waals surface area contributed by atoms with E-state index in [1.54, 1.807) is 6.20 Å². The fourth-order valence-corrected chi connectivity index (χ4v) is 2.82. The summed E-state index contributed by atoms with van der Waals surface area (Å²) < 4.78 is 0.622. The van der Waals surface area contributed by atoms with Crippen LogP contribution in [0.5, 0.6) is 0 Å². The van der Waals surface area contributed by atoms with Crippen molar-refractivity contribution in [3.63, 3.8) is 0 Å². The molecule has 104 valence electrons. The lowest BCUT2D eigenvalue weighted by molar-refractivity contribution is -0.384. The molecule has 0 spiro atoms. The van der Waals surface area contributed by atoms with Gasteiger partial charge in [-0.2, -0.15) is 0 Å². The number of hydrogen-bond donors (Lipinski definition) is 0. The standard InChI is InChI=1S/C12H17BrN4O2/c1-15-4-3-9(7-15)8-16(2)12-11(17(18)19)5-10(13)6-14-12/h5-6,9H,3-4,7-8H2,1-2H3. The Morgan fingerprint density at radius 1 is 1.68 bits per heavy atom. The molecule has 0 radical (unpaired) electrons. The van der Waals surface area contributed by atoms with Gasteiger partial charge in [0.05, 0.1) is 4.92 Å². The van der Waals surface area contributed by atoms with Gasteiger partial charge in [0.15, 0.2) is 0 Å². The lowest BCUT2D eigenvalue weighted by atomic mass is 10.1. The van der Waals surface area contributed by atoms with Crippen molar-refractivity contribution in [2.24, 2.45) is 5.92 Å². The van der Waals surface area contributed by atoms with Gasteiger partial charge in [-0.05, 0) is 41.9 Å². The Morgan fingerprint density at radius 3 is 3.00 bits per heavy atom. The molecule has 1 aromatic heterocycles. The largest absolute Gasteiger partial charge is 0.354 e. The highest BCUT2D eigenvalue weighted by atomic mass is 79.9. The van der Waals surface area contributed by atoms with Crippen molar-refractivity contribution in [1.82, 2.24) is 9.88 Å². The first-order valence-corrected chi connectivity index (χ1v) is 6.96. The fraction of sp³-hybridized carbons (Fsp3) is 0.583. The molecule has 0 amide bonds.